The molecule has 2 N–H and O–H groups in total. The van der Waals surface area contributed by atoms with E-state index in [9.17, 15) is 18.9 Å². The van der Waals surface area contributed by atoms with Crippen molar-refractivity contribution < 1.29 is 42.0 Å². The average Bonchev–Trinajstić information content (AvgIpc) is 3.02. The van der Waals surface area contributed by atoms with Gasteiger partial charge in [0.25, 0.3) is 0 Å². The molecule has 0 aliphatic rings. The topological polar surface area (TPSA) is 142 Å². The number of unbranched alkanes of at least 4 members (excludes halogenated alkanes) is 1. The van der Waals surface area contributed by atoms with E-state index >= 15 is 0 Å². The Kier molecular flexibility index (Phi) is 18.7. The summed E-state index contributed by atoms with van der Waals surface area (Å²) in [4.78, 5) is 40.8. The number of ether oxygens (including phenoxy) is 2. The largest absolute Gasteiger partial charge is 0.475 e. The van der Waals surface area contributed by atoms with Crippen LogP contribution in [-0.2, 0) is 37.2 Å². The zero-order chi connectivity index (χ0) is 40.7. The first-order valence-corrected chi connectivity index (χ1v) is 20.5. The Morgan fingerprint density at radius 3 is 1.91 bits per heavy atom. The second-order valence-electron chi connectivity index (χ2n) is 16.5. The fraction of sp³-hybridized carbons (Fsp3) is 0.634. The van der Waals surface area contributed by atoms with Gasteiger partial charge in [-0.05, 0) is 115 Å². The molecule has 0 aliphatic heterocycles. The van der Waals surface area contributed by atoms with Gasteiger partial charge in [-0.1, -0.05) is 58.4 Å². The Morgan fingerprint density at radius 2 is 1.37 bits per heavy atom. The van der Waals surface area contributed by atoms with Crippen molar-refractivity contribution in [1.82, 2.24) is 0 Å². The molecule has 0 aromatic heterocycles. The molecule has 2 rings (SSSR count). The van der Waals surface area contributed by atoms with Gasteiger partial charge in [-0.3, -0.25) is 23.2 Å². The maximum absolute atomic E-state index is 13.2. The Hall–Kier alpha value is -3.44. The maximum Gasteiger partial charge on any atom is 0.475 e. The van der Waals surface area contributed by atoms with Gasteiger partial charge in [-0.2, -0.15) is 0 Å². The van der Waals surface area contributed by atoms with Gasteiger partial charge < -0.3 is 25.0 Å². The van der Waals surface area contributed by atoms with Gasteiger partial charge >= 0.3 is 25.8 Å². The van der Waals surface area contributed by atoms with Crippen LogP contribution in [0, 0.1) is 18.8 Å². The Morgan fingerprint density at radius 1 is 0.796 bits per heavy atom. The molecule has 2 aromatic carbocycles. The van der Waals surface area contributed by atoms with Crippen molar-refractivity contribution in [2.45, 2.75) is 132 Å². The highest BCUT2D eigenvalue weighted by Crippen LogP contribution is 2.55. The molecule has 0 saturated heterocycles. The fourth-order valence-electron chi connectivity index (χ4n) is 5.54. The third-order valence-electron chi connectivity index (χ3n) is 7.70. The number of carbonyl (C=O) groups excluding carboxylic acids is 3. The highest BCUT2D eigenvalue weighted by molar-refractivity contribution is 7.48. The molecule has 1 unspecified atom stereocenters. The van der Waals surface area contributed by atoms with E-state index in [4.69, 9.17) is 23.0 Å². The summed E-state index contributed by atoms with van der Waals surface area (Å²) >= 11 is 0. The smallest absolute Gasteiger partial charge is 0.428 e. The number of esters is 2. The summed E-state index contributed by atoms with van der Waals surface area (Å²) in [6, 6.07) is 13.2. The molecule has 0 spiro atoms. The summed E-state index contributed by atoms with van der Waals surface area (Å²) < 4.78 is 40.3. The Balaban J connectivity index is 2.01. The van der Waals surface area contributed by atoms with E-state index in [2.05, 4.69) is 43.2 Å². The van der Waals surface area contributed by atoms with Crippen LogP contribution < -0.4 is 15.5 Å². The lowest BCUT2D eigenvalue weighted by molar-refractivity contribution is -0.167. The molecule has 0 saturated carbocycles. The first kappa shape index (κ1) is 46.7. The van der Waals surface area contributed by atoms with Crippen LogP contribution in [0.15, 0.2) is 42.5 Å². The quantitative estimate of drug-likeness (QED) is 0.0544. The minimum absolute atomic E-state index is 0.0627. The Bertz CT molecular complexity index is 1500. The van der Waals surface area contributed by atoms with E-state index < -0.39 is 37.8 Å². The molecule has 304 valence electrons. The van der Waals surface area contributed by atoms with Gasteiger partial charge in [0.05, 0.1) is 35.6 Å². The van der Waals surface area contributed by atoms with Crippen molar-refractivity contribution in [3.05, 3.63) is 53.6 Å². The average molecular weight is 776 g/mol. The lowest BCUT2D eigenvalue weighted by atomic mass is 9.92. The number of phosphoric ester groups is 1. The van der Waals surface area contributed by atoms with Gasteiger partial charge in [0.2, 0.25) is 6.79 Å². The van der Waals surface area contributed by atoms with Crippen LogP contribution in [0.3, 0.4) is 0 Å². The van der Waals surface area contributed by atoms with Crippen LogP contribution in [0.5, 0.6) is 0 Å². The van der Waals surface area contributed by atoms with Crippen LogP contribution >= 0.6 is 7.82 Å². The minimum atomic E-state index is -3.83. The van der Waals surface area contributed by atoms with Crippen molar-refractivity contribution in [3.63, 3.8) is 0 Å². The lowest BCUT2D eigenvalue weighted by Crippen LogP contribution is -2.32. The molecule has 0 aliphatic carbocycles. The van der Waals surface area contributed by atoms with Crippen LogP contribution in [-0.4, -0.2) is 55.7 Å². The molecule has 1 atom stereocenters. The van der Waals surface area contributed by atoms with E-state index in [1.54, 1.807) is 41.5 Å². The number of amides is 2. The van der Waals surface area contributed by atoms with Crippen molar-refractivity contribution in [3.8, 4) is 0 Å². The lowest BCUT2D eigenvalue weighted by Gasteiger charge is -2.31. The van der Waals surface area contributed by atoms with E-state index in [1.165, 1.54) is 0 Å². The molecule has 2 aromatic rings. The minimum Gasteiger partial charge on any atom is -0.428 e. The van der Waals surface area contributed by atoms with E-state index in [1.807, 2.05) is 56.3 Å². The molecular weight excluding hydrogens is 709 g/mol. The number of aryl methyl sites for hydroxylation is 1. The predicted octanol–water partition coefficient (Wildman–Crippen LogP) is 10.6. The maximum atomic E-state index is 13.2. The molecule has 0 heterocycles. The molecule has 13 heteroatoms. The zero-order valence-electron chi connectivity index (χ0n) is 34.7. The number of carbonyl (C=O) groups is 3. The van der Waals surface area contributed by atoms with Crippen LogP contribution in [0.4, 0.5) is 21.9 Å². The highest BCUT2D eigenvalue weighted by atomic mass is 31.2. The van der Waals surface area contributed by atoms with E-state index in [0.717, 1.165) is 29.9 Å². The second-order valence-corrected chi connectivity index (χ2v) is 18.0. The number of nitrogens with one attached hydrogen (secondary N) is 2. The molecule has 0 bridgehead atoms. The second kappa shape index (κ2) is 21.6. The summed E-state index contributed by atoms with van der Waals surface area (Å²) in [6.07, 6.45) is 1.58. The summed E-state index contributed by atoms with van der Waals surface area (Å²) in [5, 5.41) is 5.99. The SMILES string of the molecule is CCC(CC(=O)OCOC(=O)CCCCOP(=O)(OC(C)(C)C)OC(C)(C)C)c1ccc(N(CC(C)C)CC(C)C)c(NC(=O)Nc2ccc(C)cc2)c1. The normalized spacial score (nSPS) is 12.8. The number of nitrogens with zero attached hydrogens (tertiary/aromatic N) is 1. The summed E-state index contributed by atoms with van der Waals surface area (Å²) in [6.45, 7) is 24.4. The van der Waals surface area contributed by atoms with Crippen LogP contribution in [0.2, 0.25) is 0 Å². The third-order valence-corrected chi connectivity index (χ3v) is 9.74. The Labute approximate surface area is 324 Å². The van der Waals surface area contributed by atoms with Crippen LogP contribution in [0.1, 0.15) is 125 Å². The van der Waals surface area contributed by atoms with Crippen molar-refractivity contribution >= 4 is 42.9 Å². The van der Waals surface area contributed by atoms with Gasteiger partial charge in [0, 0.05) is 25.2 Å². The summed E-state index contributed by atoms with van der Waals surface area (Å²) in [5.41, 5.74) is 2.72. The number of benzene rings is 2. The van der Waals surface area contributed by atoms with Crippen molar-refractivity contribution in [2.24, 2.45) is 11.8 Å². The molecule has 54 heavy (non-hydrogen) atoms. The van der Waals surface area contributed by atoms with E-state index in [0.29, 0.717) is 42.5 Å². The number of hydrogen-bond donors (Lipinski definition) is 2. The van der Waals surface area contributed by atoms with Gasteiger partial charge in [0.15, 0.2) is 0 Å². The predicted molar refractivity (Wildman–Crippen MR) is 216 cm³/mol. The number of urea groups is 1. The molecular formula is C41H66N3O9P. The summed E-state index contributed by atoms with van der Waals surface area (Å²) in [7, 11) is -3.83. The zero-order valence-corrected chi connectivity index (χ0v) is 35.6. The first-order chi connectivity index (χ1) is 25.1. The van der Waals surface area contributed by atoms with Gasteiger partial charge in [0.1, 0.15) is 0 Å². The first-order valence-electron chi connectivity index (χ1n) is 19.1. The molecule has 2 amide bonds. The summed E-state index contributed by atoms with van der Waals surface area (Å²) in [5.74, 6) is -0.449. The molecule has 0 radical (unpaired) electrons. The van der Waals surface area contributed by atoms with Gasteiger partial charge in [-0.25, -0.2) is 9.36 Å². The van der Waals surface area contributed by atoms with E-state index in [-0.39, 0.29) is 31.4 Å². The molecule has 12 nitrogen and oxygen atoms in total. The number of hydrogen-bond acceptors (Lipinski definition) is 10. The van der Waals surface area contributed by atoms with Crippen molar-refractivity contribution in [2.75, 3.05) is 42.0 Å². The number of rotatable bonds is 21. The standard InChI is InChI=1S/C41H66N3O9P/c1-13-32(25-38(46)50-28-49-37(45)16-14-15-23-51-54(48,52-40(7,8)9)53-41(10,11)12)33-19-22-36(44(26-29(2)3)27-30(4)5)35(24-33)43-39(47)42-34-20-17-31(6)18-21-34/h17-22,24,29-30,32H,13-16,23,25-28H2,1-12H3,(H2,42,43,47). The fourth-order valence-corrected chi connectivity index (χ4v) is 7.38. The monoisotopic (exact) mass is 775 g/mol. The van der Waals surface area contributed by atoms with Crippen molar-refractivity contribution in [1.29, 1.82) is 0 Å². The number of anilines is 3. The van der Waals surface area contributed by atoms with Gasteiger partial charge in [-0.15, -0.1) is 0 Å². The molecule has 0 fully saturated rings. The highest BCUT2D eigenvalue weighted by Gasteiger charge is 2.37. The third kappa shape index (κ3) is 18.7. The number of phosphoric acid groups is 1. The van der Waals surface area contributed by atoms with Crippen LogP contribution in [0.25, 0.3) is 0 Å².